The van der Waals surface area contributed by atoms with E-state index in [1.54, 1.807) is 19.1 Å². The number of aliphatic hydroxyl groups excluding tert-OH is 1. The standard InChI is InChI=1S/C12H17FOS/c1-8(14)9-6-5-7-10(13)11(9)15-12(2,3)4/h5-8,14H,1-4H3/t8-/m1/s1. The molecule has 0 aliphatic carbocycles. The molecule has 0 saturated carbocycles. The second kappa shape index (κ2) is 4.54. The zero-order valence-electron chi connectivity index (χ0n) is 9.54. The molecule has 1 aromatic rings. The molecule has 1 rings (SSSR count). The van der Waals surface area contributed by atoms with Gasteiger partial charge in [0.05, 0.1) is 6.10 Å². The van der Waals surface area contributed by atoms with Crippen molar-refractivity contribution < 1.29 is 9.50 Å². The van der Waals surface area contributed by atoms with Gasteiger partial charge < -0.3 is 5.11 Å². The predicted molar refractivity (Wildman–Crippen MR) is 62.6 cm³/mol. The fourth-order valence-electron chi connectivity index (χ4n) is 1.27. The van der Waals surface area contributed by atoms with Crippen LogP contribution in [0.3, 0.4) is 0 Å². The molecule has 0 saturated heterocycles. The van der Waals surface area contributed by atoms with E-state index < -0.39 is 6.10 Å². The summed E-state index contributed by atoms with van der Waals surface area (Å²) in [5.41, 5.74) is 0.662. The molecule has 84 valence electrons. The van der Waals surface area contributed by atoms with Crippen molar-refractivity contribution in [3.05, 3.63) is 29.6 Å². The third kappa shape index (κ3) is 3.50. The number of thioether (sulfide) groups is 1. The van der Waals surface area contributed by atoms with Crippen molar-refractivity contribution in [1.29, 1.82) is 0 Å². The molecule has 0 aliphatic heterocycles. The molecule has 0 bridgehead atoms. The lowest BCUT2D eigenvalue weighted by atomic mass is 10.1. The van der Waals surface area contributed by atoms with E-state index in [0.717, 1.165) is 0 Å². The first-order valence-electron chi connectivity index (χ1n) is 4.97. The van der Waals surface area contributed by atoms with Gasteiger partial charge in [0.15, 0.2) is 0 Å². The van der Waals surface area contributed by atoms with E-state index in [2.05, 4.69) is 0 Å². The van der Waals surface area contributed by atoms with Gasteiger partial charge in [-0.1, -0.05) is 32.9 Å². The van der Waals surface area contributed by atoms with Crippen LogP contribution < -0.4 is 0 Å². The van der Waals surface area contributed by atoms with Crippen molar-refractivity contribution in [1.82, 2.24) is 0 Å². The molecule has 0 aromatic heterocycles. The van der Waals surface area contributed by atoms with Gasteiger partial charge in [-0.15, -0.1) is 11.8 Å². The van der Waals surface area contributed by atoms with E-state index in [-0.39, 0.29) is 10.6 Å². The summed E-state index contributed by atoms with van der Waals surface area (Å²) < 4.78 is 13.5. The molecule has 0 fully saturated rings. The number of rotatable bonds is 2. The highest BCUT2D eigenvalue weighted by Gasteiger charge is 2.19. The van der Waals surface area contributed by atoms with Gasteiger partial charge in [-0.3, -0.25) is 0 Å². The predicted octanol–water partition coefficient (Wildman–Crippen LogP) is 3.77. The maximum atomic E-state index is 13.6. The first-order chi connectivity index (χ1) is 6.81. The normalized spacial score (nSPS) is 14.0. The van der Waals surface area contributed by atoms with Crippen molar-refractivity contribution in [3.8, 4) is 0 Å². The fraction of sp³-hybridized carbons (Fsp3) is 0.500. The minimum absolute atomic E-state index is 0.0637. The lowest BCUT2D eigenvalue weighted by molar-refractivity contribution is 0.195. The second-order valence-corrected chi connectivity index (χ2v) is 6.39. The van der Waals surface area contributed by atoms with Crippen LogP contribution in [0.15, 0.2) is 23.1 Å². The maximum absolute atomic E-state index is 13.6. The zero-order chi connectivity index (χ0) is 11.6. The molecule has 1 aromatic carbocycles. The minimum atomic E-state index is -0.634. The molecule has 0 radical (unpaired) electrons. The summed E-state index contributed by atoms with van der Waals surface area (Å²) in [6.07, 6.45) is -0.634. The summed E-state index contributed by atoms with van der Waals surface area (Å²) in [7, 11) is 0. The van der Waals surface area contributed by atoms with E-state index in [9.17, 15) is 9.50 Å². The molecule has 0 aliphatic rings. The van der Waals surface area contributed by atoms with Gasteiger partial charge in [-0.25, -0.2) is 4.39 Å². The largest absolute Gasteiger partial charge is 0.389 e. The molecule has 1 atom stereocenters. The minimum Gasteiger partial charge on any atom is -0.389 e. The van der Waals surface area contributed by atoms with Crippen LogP contribution in [0.25, 0.3) is 0 Å². The Kier molecular flexibility index (Phi) is 3.79. The van der Waals surface area contributed by atoms with Crippen molar-refractivity contribution in [3.63, 3.8) is 0 Å². The third-order valence-electron chi connectivity index (χ3n) is 1.86. The van der Waals surface area contributed by atoms with E-state index in [1.165, 1.54) is 17.8 Å². The highest BCUT2D eigenvalue weighted by Crippen LogP contribution is 2.37. The summed E-state index contributed by atoms with van der Waals surface area (Å²) in [4.78, 5) is 0.556. The quantitative estimate of drug-likeness (QED) is 0.777. The van der Waals surface area contributed by atoms with Crippen LogP contribution >= 0.6 is 11.8 Å². The van der Waals surface area contributed by atoms with E-state index in [1.807, 2.05) is 20.8 Å². The molecular weight excluding hydrogens is 211 g/mol. The fourth-order valence-corrected chi connectivity index (χ4v) is 2.40. The summed E-state index contributed by atoms with van der Waals surface area (Å²) >= 11 is 1.45. The van der Waals surface area contributed by atoms with Crippen LogP contribution in [-0.4, -0.2) is 9.85 Å². The van der Waals surface area contributed by atoms with Gasteiger partial charge in [0.25, 0.3) is 0 Å². The van der Waals surface area contributed by atoms with Crippen molar-refractivity contribution in [2.75, 3.05) is 0 Å². The molecule has 15 heavy (non-hydrogen) atoms. The molecule has 1 nitrogen and oxygen atoms in total. The van der Waals surface area contributed by atoms with Gasteiger partial charge in [0.1, 0.15) is 5.82 Å². The Morgan fingerprint density at radius 3 is 2.40 bits per heavy atom. The number of hydrogen-bond acceptors (Lipinski definition) is 2. The number of benzene rings is 1. The van der Waals surface area contributed by atoms with E-state index in [0.29, 0.717) is 10.5 Å². The van der Waals surface area contributed by atoms with Gasteiger partial charge >= 0.3 is 0 Å². The SMILES string of the molecule is C[C@@H](O)c1cccc(F)c1SC(C)(C)C. The van der Waals surface area contributed by atoms with Crippen LogP contribution in [0.4, 0.5) is 4.39 Å². The van der Waals surface area contributed by atoms with Crippen molar-refractivity contribution in [2.24, 2.45) is 0 Å². The topological polar surface area (TPSA) is 20.2 Å². The monoisotopic (exact) mass is 228 g/mol. The highest BCUT2D eigenvalue weighted by atomic mass is 32.2. The first kappa shape index (κ1) is 12.5. The Labute approximate surface area is 94.7 Å². The Balaban J connectivity index is 3.14. The molecule has 0 amide bonds. The number of hydrogen-bond donors (Lipinski definition) is 1. The van der Waals surface area contributed by atoms with Crippen molar-refractivity contribution in [2.45, 2.75) is 43.4 Å². The third-order valence-corrected chi connectivity index (χ3v) is 3.10. The van der Waals surface area contributed by atoms with Crippen molar-refractivity contribution >= 4 is 11.8 Å². The Morgan fingerprint density at radius 1 is 1.33 bits per heavy atom. The Bertz CT molecular complexity index is 342. The zero-order valence-corrected chi connectivity index (χ0v) is 10.4. The average molecular weight is 228 g/mol. The smallest absolute Gasteiger partial charge is 0.137 e. The lowest BCUT2D eigenvalue weighted by Gasteiger charge is -2.21. The van der Waals surface area contributed by atoms with Gasteiger partial charge in [-0.05, 0) is 18.6 Å². The van der Waals surface area contributed by atoms with E-state index in [4.69, 9.17) is 0 Å². The number of aliphatic hydroxyl groups is 1. The highest BCUT2D eigenvalue weighted by molar-refractivity contribution is 8.00. The number of halogens is 1. The summed E-state index contributed by atoms with van der Waals surface area (Å²) in [6.45, 7) is 7.73. The van der Waals surface area contributed by atoms with Gasteiger partial charge in [0, 0.05) is 9.64 Å². The molecular formula is C12H17FOS. The Morgan fingerprint density at radius 2 is 1.93 bits per heavy atom. The van der Waals surface area contributed by atoms with E-state index >= 15 is 0 Å². The molecule has 1 N–H and O–H groups in total. The molecule has 0 heterocycles. The maximum Gasteiger partial charge on any atom is 0.137 e. The van der Waals surface area contributed by atoms with Gasteiger partial charge in [-0.2, -0.15) is 0 Å². The molecule has 3 heteroatoms. The Hall–Kier alpha value is -0.540. The summed E-state index contributed by atoms with van der Waals surface area (Å²) in [5, 5.41) is 9.55. The molecule has 0 unspecified atom stereocenters. The van der Waals surface area contributed by atoms with Crippen LogP contribution in [0.5, 0.6) is 0 Å². The first-order valence-corrected chi connectivity index (χ1v) is 5.78. The summed E-state index contributed by atoms with van der Waals surface area (Å²) in [6, 6.07) is 4.83. The molecule has 0 spiro atoms. The average Bonchev–Trinajstić information content (AvgIpc) is 2.05. The van der Waals surface area contributed by atoms with Crippen LogP contribution in [0.2, 0.25) is 0 Å². The van der Waals surface area contributed by atoms with Crippen LogP contribution in [-0.2, 0) is 0 Å². The van der Waals surface area contributed by atoms with Gasteiger partial charge in [0.2, 0.25) is 0 Å². The summed E-state index contributed by atoms with van der Waals surface area (Å²) in [5.74, 6) is -0.256. The second-order valence-electron chi connectivity index (χ2n) is 4.55. The van der Waals surface area contributed by atoms with Crippen LogP contribution in [0, 0.1) is 5.82 Å². The lowest BCUT2D eigenvalue weighted by Crippen LogP contribution is -2.09. The van der Waals surface area contributed by atoms with Crippen LogP contribution in [0.1, 0.15) is 39.4 Å².